The van der Waals surface area contributed by atoms with Gasteiger partial charge in [0.15, 0.2) is 19.7 Å². The van der Waals surface area contributed by atoms with Crippen molar-refractivity contribution in [2.24, 2.45) is 0 Å². The molecule has 0 amide bonds. The van der Waals surface area contributed by atoms with Crippen LogP contribution in [0.15, 0.2) is 0 Å². The summed E-state index contributed by atoms with van der Waals surface area (Å²) in [6.45, 7) is 4.77. The molecule has 0 aromatic carbocycles. The number of ether oxygens (including phenoxy) is 2. The van der Waals surface area contributed by atoms with Crippen molar-refractivity contribution >= 4 is 19.7 Å². The normalized spacial score (nSPS) is 12.6. The first-order valence-electron chi connectivity index (χ1n) is 7.89. The summed E-state index contributed by atoms with van der Waals surface area (Å²) in [4.78, 5) is 0. The van der Waals surface area contributed by atoms with E-state index in [0.717, 1.165) is 12.8 Å². The molecule has 0 N–H and O–H groups in total. The Balaban J connectivity index is 3.55. The summed E-state index contributed by atoms with van der Waals surface area (Å²) in [5.74, 6) is 0.467. The van der Waals surface area contributed by atoms with Crippen molar-refractivity contribution in [3.63, 3.8) is 0 Å². The fourth-order valence-corrected chi connectivity index (χ4v) is 4.24. The summed E-state index contributed by atoms with van der Waals surface area (Å²) < 4.78 is 56.6. The van der Waals surface area contributed by atoms with Gasteiger partial charge in [0.05, 0.1) is 49.4 Å². The first kappa shape index (κ1) is 21.8. The van der Waals surface area contributed by atoms with Crippen molar-refractivity contribution in [1.29, 1.82) is 0 Å². The van der Waals surface area contributed by atoms with Crippen LogP contribution < -0.4 is 0 Å². The van der Waals surface area contributed by atoms with Gasteiger partial charge < -0.3 is 9.47 Å². The van der Waals surface area contributed by atoms with E-state index in [2.05, 4.69) is 0 Å². The van der Waals surface area contributed by atoms with Crippen molar-refractivity contribution in [3.05, 3.63) is 0 Å². The molecule has 0 aromatic rings. The van der Waals surface area contributed by atoms with Gasteiger partial charge in [0.2, 0.25) is 0 Å². The van der Waals surface area contributed by atoms with E-state index in [1.807, 2.05) is 13.8 Å². The van der Waals surface area contributed by atoms with Crippen LogP contribution in [0.1, 0.15) is 39.5 Å². The van der Waals surface area contributed by atoms with Crippen molar-refractivity contribution < 1.29 is 26.3 Å². The molecule has 8 heteroatoms. The van der Waals surface area contributed by atoms with E-state index in [1.54, 1.807) is 0 Å². The Morgan fingerprint density at radius 2 is 0.955 bits per heavy atom. The van der Waals surface area contributed by atoms with Gasteiger partial charge in [-0.3, -0.25) is 0 Å². The second-order valence-electron chi connectivity index (χ2n) is 5.24. The van der Waals surface area contributed by atoms with E-state index in [4.69, 9.17) is 9.47 Å². The SMILES string of the molecule is CCCCS(=O)(=O)CCOCCOCCS(=O)(=O)CCCC. The van der Waals surface area contributed by atoms with Crippen LogP contribution in [0.25, 0.3) is 0 Å². The fourth-order valence-electron chi connectivity index (χ4n) is 1.63. The van der Waals surface area contributed by atoms with E-state index in [9.17, 15) is 16.8 Å². The van der Waals surface area contributed by atoms with Gasteiger partial charge in [-0.2, -0.15) is 0 Å². The molecule has 0 atom stereocenters. The number of hydrogen-bond acceptors (Lipinski definition) is 6. The Hall–Kier alpha value is -0.180. The second kappa shape index (κ2) is 12.3. The summed E-state index contributed by atoms with van der Waals surface area (Å²) in [7, 11) is -6.03. The van der Waals surface area contributed by atoms with Gasteiger partial charge in [0.1, 0.15) is 0 Å². The molecule has 0 bridgehead atoms. The Bertz CT molecular complexity index is 412. The smallest absolute Gasteiger partial charge is 0.152 e. The minimum atomic E-state index is -3.01. The van der Waals surface area contributed by atoms with E-state index in [1.165, 1.54) is 0 Å². The molecule has 0 fully saturated rings. The van der Waals surface area contributed by atoms with Crippen molar-refractivity contribution in [2.75, 3.05) is 49.4 Å². The maximum absolute atomic E-state index is 11.5. The minimum Gasteiger partial charge on any atom is -0.378 e. The first-order chi connectivity index (χ1) is 10.3. The Morgan fingerprint density at radius 1 is 0.591 bits per heavy atom. The van der Waals surface area contributed by atoms with Gasteiger partial charge in [-0.15, -0.1) is 0 Å². The standard InChI is InChI=1S/C14H30O6S2/c1-3-5-11-21(15,16)13-9-19-7-8-20-10-14-22(17,18)12-6-4-2/h3-14H2,1-2H3. The van der Waals surface area contributed by atoms with Crippen LogP contribution in [0.4, 0.5) is 0 Å². The quantitative estimate of drug-likeness (QED) is 0.412. The van der Waals surface area contributed by atoms with Gasteiger partial charge in [-0.25, -0.2) is 16.8 Å². The van der Waals surface area contributed by atoms with Crippen molar-refractivity contribution in [2.45, 2.75) is 39.5 Å². The van der Waals surface area contributed by atoms with Gasteiger partial charge in [0.25, 0.3) is 0 Å². The van der Waals surface area contributed by atoms with Crippen LogP contribution in [0, 0.1) is 0 Å². The lowest BCUT2D eigenvalue weighted by Gasteiger charge is -2.07. The predicted molar refractivity (Wildman–Crippen MR) is 88.8 cm³/mol. The summed E-state index contributed by atoms with van der Waals surface area (Å²) in [5, 5.41) is 0. The zero-order valence-corrected chi connectivity index (χ0v) is 15.4. The van der Waals surface area contributed by atoms with Gasteiger partial charge in [-0.1, -0.05) is 26.7 Å². The summed E-state index contributed by atoms with van der Waals surface area (Å²) >= 11 is 0. The third-order valence-electron chi connectivity index (χ3n) is 3.07. The summed E-state index contributed by atoms with van der Waals surface area (Å²) in [6.07, 6.45) is 3.07. The molecule has 6 nitrogen and oxygen atoms in total. The molecule has 0 unspecified atom stereocenters. The maximum Gasteiger partial charge on any atom is 0.152 e. The predicted octanol–water partition coefficient (Wildman–Crippen LogP) is 1.45. The zero-order chi connectivity index (χ0) is 16.9. The van der Waals surface area contributed by atoms with Gasteiger partial charge in [-0.05, 0) is 12.8 Å². The summed E-state index contributed by atoms with van der Waals surface area (Å²) in [5.41, 5.74) is 0. The molecule has 0 heterocycles. The number of sulfone groups is 2. The molecule has 0 saturated carbocycles. The third kappa shape index (κ3) is 13.5. The average Bonchev–Trinajstić information content (AvgIpc) is 2.46. The van der Waals surface area contributed by atoms with E-state index < -0.39 is 19.7 Å². The largest absolute Gasteiger partial charge is 0.378 e. The highest BCUT2D eigenvalue weighted by atomic mass is 32.2. The zero-order valence-electron chi connectivity index (χ0n) is 13.8. The molecular formula is C14H30O6S2. The average molecular weight is 359 g/mol. The summed E-state index contributed by atoms with van der Waals surface area (Å²) in [6, 6.07) is 0. The lowest BCUT2D eigenvalue weighted by Crippen LogP contribution is -2.19. The Kier molecular flexibility index (Phi) is 12.2. The topological polar surface area (TPSA) is 86.7 Å². The van der Waals surface area contributed by atoms with Crippen molar-refractivity contribution in [3.8, 4) is 0 Å². The molecule has 0 aliphatic rings. The molecule has 134 valence electrons. The molecule has 0 aliphatic carbocycles. The van der Waals surface area contributed by atoms with Crippen LogP contribution in [-0.4, -0.2) is 66.3 Å². The molecule has 0 radical (unpaired) electrons. The number of rotatable bonds is 15. The monoisotopic (exact) mass is 358 g/mol. The highest BCUT2D eigenvalue weighted by Gasteiger charge is 2.10. The molecule has 22 heavy (non-hydrogen) atoms. The highest BCUT2D eigenvalue weighted by Crippen LogP contribution is 1.98. The Labute approximate surface area is 135 Å². The van der Waals surface area contributed by atoms with Crippen LogP contribution >= 0.6 is 0 Å². The van der Waals surface area contributed by atoms with Crippen LogP contribution in [0.5, 0.6) is 0 Å². The van der Waals surface area contributed by atoms with Crippen LogP contribution in [0.3, 0.4) is 0 Å². The number of unbranched alkanes of at least 4 members (excludes halogenated alkanes) is 2. The minimum absolute atomic E-state index is 0.0262. The van der Waals surface area contributed by atoms with E-state index >= 15 is 0 Å². The molecule has 0 saturated heterocycles. The molecular weight excluding hydrogens is 328 g/mol. The van der Waals surface area contributed by atoms with Gasteiger partial charge in [0, 0.05) is 0 Å². The molecule has 0 aliphatic heterocycles. The first-order valence-corrected chi connectivity index (χ1v) is 11.5. The molecule has 0 spiro atoms. The lowest BCUT2D eigenvalue weighted by molar-refractivity contribution is 0.0597. The Morgan fingerprint density at radius 3 is 1.27 bits per heavy atom. The number of hydrogen-bond donors (Lipinski definition) is 0. The van der Waals surface area contributed by atoms with Crippen LogP contribution in [-0.2, 0) is 29.1 Å². The third-order valence-corrected chi connectivity index (χ3v) is 6.47. The van der Waals surface area contributed by atoms with E-state index in [-0.39, 0.29) is 49.4 Å². The van der Waals surface area contributed by atoms with Crippen LogP contribution in [0.2, 0.25) is 0 Å². The van der Waals surface area contributed by atoms with Gasteiger partial charge >= 0.3 is 0 Å². The van der Waals surface area contributed by atoms with Crippen molar-refractivity contribution in [1.82, 2.24) is 0 Å². The molecule has 0 aromatic heterocycles. The van der Waals surface area contributed by atoms with E-state index in [0.29, 0.717) is 12.8 Å². The lowest BCUT2D eigenvalue weighted by atomic mass is 10.4. The molecule has 0 rings (SSSR count). The highest BCUT2D eigenvalue weighted by molar-refractivity contribution is 7.91. The maximum atomic E-state index is 11.5. The second-order valence-corrected chi connectivity index (χ2v) is 9.84. The fraction of sp³-hybridized carbons (Fsp3) is 1.00.